The number of aromatic nitrogens is 2. The van der Waals surface area contributed by atoms with E-state index in [2.05, 4.69) is 6.07 Å². The number of anilines is 1. The van der Waals surface area contributed by atoms with E-state index in [1.165, 1.54) is 11.3 Å². The Balaban J connectivity index is 1.61. The lowest BCUT2D eigenvalue weighted by molar-refractivity contribution is 0.0306. The van der Waals surface area contributed by atoms with Crippen molar-refractivity contribution in [2.24, 2.45) is 5.73 Å². The minimum Gasteiger partial charge on any atom is -0.378 e. The van der Waals surface area contributed by atoms with Crippen LogP contribution in [-0.2, 0) is 11.3 Å². The number of hydrogen-bond donors (Lipinski definition) is 1. The molecule has 2 aliphatic rings. The number of nitriles is 1. The lowest BCUT2D eigenvalue weighted by atomic mass is 10.1. The summed E-state index contributed by atoms with van der Waals surface area (Å²) in [5, 5.41) is 9.55. The molecule has 0 bridgehead atoms. The Hall–Kier alpha value is -3.26. The third-order valence-corrected chi connectivity index (χ3v) is 7.43. The lowest BCUT2D eigenvalue weighted by Crippen LogP contribution is -2.45. The Morgan fingerprint density at radius 2 is 2.06 bits per heavy atom. The molecule has 0 aliphatic carbocycles. The molecule has 3 aromatic rings. The van der Waals surface area contributed by atoms with Crippen molar-refractivity contribution < 1.29 is 9.53 Å². The van der Waals surface area contributed by atoms with Gasteiger partial charge in [0, 0.05) is 32.2 Å². The largest absolute Gasteiger partial charge is 0.378 e. The summed E-state index contributed by atoms with van der Waals surface area (Å²) in [5.74, 6) is 0.428. The van der Waals surface area contributed by atoms with Crippen molar-refractivity contribution in [1.29, 1.82) is 5.26 Å². The van der Waals surface area contributed by atoms with Crippen LogP contribution in [0.25, 0.3) is 10.2 Å². The molecule has 1 amide bonds. The van der Waals surface area contributed by atoms with Crippen LogP contribution in [0.1, 0.15) is 33.6 Å². The van der Waals surface area contributed by atoms with Gasteiger partial charge in [0.25, 0.3) is 11.5 Å². The van der Waals surface area contributed by atoms with E-state index < -0.39 is 0 Å². The molecule has 176 valence electrons. The zero-order valence-corrected chi connectivity index (χ0v) is 19.6. The van der Waals surface area contributed by atoms with E-state index in [4.69, 9.17) is 15.5 Å². The highest BCUT2D eigenvalue weighted by Crippen LogP contribution is 2.27. The molecule has 0 saturated carbocycles. The zero-order chi connectivity index (χ0) is 23.7. The van der Waals surface area contributed by atoms with Gasteiger partial charge in [-0.15, -0.1) is 11.3 Å². The van der Waals surface area contributed by atoms with Crippen LogP contribution in [-0.4, -0.2) is 65.8 Å². The van der Waals surface area contributed by atoms with E-state index in [-0.39, 0.29) is 24.1 Å². The van der Waals surface area contributed by atoms with Crippen molar-refractivity contribution in [3.63, 3.8) is 0 Å². The summed E-state index contributed by atoms with van der Waals surface area (Å²) in [6, 6.07) is 11.2. The van der Waals surface area contributed by atoms with Gasteiger partial charge in [-0.05, 0) is 30.5 Å². The van der Waals surface area contributed by atoms with Crippen LogP contribution >= 0.6 is 11.3 Å². The Morgan fingerprint density at radius 1 is 1.26 bits per heavy atom. The quantitative estimate of drug-likeness (QED) is 0.607. The number of carbonyl (C=O) groups is 1. The summed E-state index contributed by atoms with van der Waals surface area (Å²) in [7, 11) is 0. The van der Waals surface area contributed by atoms with Gasteiger partial charge >= 0.3 is 0 Å². The highest BCUT2D eigenvalue weighted by atomic mass is 32.1. The summed E-state index contributed by atoms with van der Waals surface area (Å²) in [6.45, 7) is 3.66. The Morgan fingerprint density at radius 3 is 2.82 bits per heavy atom. The molecule has 2 N–H and O–H groups in total. The van der Waals surface area contributed by atoms with Crippen LogP contribution in [0.2, 0.25) is 0 Å². The molecule has 0 spiro atoms. The summed E-state index contributed by atoms with van der Waals surface area (Å²) in [4.78, 5) is 35.9. The molecule has 2 aromatic heterocycles. The second kappa shape index (κ2) is 9.54. The van der Waals surface area contributed by atoms with Gasteiger partial charge in [-0.2, -0.15) is 5.26 Å². The number of rotatable bonds is 4. The Labute approximate surface area is 201 Å². The molecule has 0 radical (unpaired) electrons. The fourth-order valence-corrected chi connectivity index (χ4v) is 5.55. The van der Waals surface area contributed by atoms with E-state index >= 15 is 0 Å². The number of hydrogen-bond acceptors (Lipinski definition) is 8. The van der Waals surface area contributed by atoms with Gasteiger partial charge in [0.1, 0.15) is 4.70 Å². The first-order valence-corrected chi connectivity index (χ1v) is 12.3. The number of morpholine rings is 1. The molecule has 1 unspecified atom stereocenters. The summed E-state index contributed by atoms with van der Waals surface area (Å²) in [5.41, 5.74) is 7.80. The number of nitrogens with two attached hydrogens (primary N) is 1. The first-order valence-electron chi connectivity index (χ1n) is 11.4. The van der Waals surface area contributed by atoms with E-state index in [9.17, 15) is 14.9 Å². The number of benzene rings is 1. The maximum atomic E-state index is 13.7. The van der Waals surface area contributed by atoms with Gasteiger partial charge in [-0.1, -0.05) is 18.2 Å². The molecule has 34 heavy (non-hydrogen) atoms. The average Bonchev–Trinajstić information content (AvgIpc) is 3.30. The van der Waals surface area contributed by atoms with Crippen molar-refractivity contribution in [3.8, 4) is 6.07 Å². The van der Waals surface area contributed by atoms with Crippen molar-refractivity contribution in [1.82, 2.24) is 14.5 Å². The highest BCUT2D eigenvalue weighted by molar-refractivity contribution is 7.20. The fourth-order valence-electron chi connectivity index (χ4n) is 4.54. The minimum atomic E-state index is -0.210. The average molecular weight is 479 g/mol. The molecule has 2 saturated heterocycles. The van der Waals surface area contributed by atoms with Crippen LogP contribution in [0.4, 0.5) is 5.95 Å². The monoisotopic (exact) mass is 478 g/mol. The summed E-state index contributed by atoms with van der Waals surface area (Å²) >= 11 is 1.18. The van der Waals surface area contributed by atoms with Crippen LogP contribution in [0.3, 0.4) is 0 Å². The third-order valence-electron chi connectivity index (χ3n) is 6.33. The smallest absolute Gasteiger partial charge is 0.273 e. The molecule has 2 fully saturated rings. The molecule has 4 heterocycles. The summed E-state index contributed by atoms with van der Waals surface area (Å²) < 4.78 is 7.41. The number of ether oxygens (including phenoxy) is 1. The molecule has 5 rings (SSSR count). The Kier molecular flexibility index (Phi) is 6.32. The number of piperidine rings is 1. The van der Waals surface area contributed by atoms with Gasteiger partial charge in [-0.25, -0.2) is 4.98 Å². The molecule has 10 heteroatoms. The maximum absolute atomic E-state index is 13.7. The topological polar surface area (TPSA) is 117 Å². The molecule has 1 aromatic carbocycles. The minimum absolute atomic E-state index is 0.00197. The zero-order valence-electron chi connectivity index (χ0n) is 18.8. The fraction of sp³-hybridized carbons (Fsp3) is 0.417. The SMILES string of the molecule is N#Cc1ccccc1Cn1c(N2CCCC(N)C2)nc2cc(C(=O)N3CCOCC3)sc2c1=O. The van der Waals surface area contributed by atoms with E-state index in [0.717, 1.165) is 24.9 Å². The first kappa shape index (κ1) is 22.5. The van der Waals surface area contributed by atoms with Gasteiger partial charge in [0.15, 0.2) is 0 Å². The predicted molar refractivity (Wildman–Crippen MR) is 130 cm³/mol. The highest BCUT2D eigenvalue weighted by Gasteiger charge is 2.26. The van der Waals surface area contributed by atoms with Crippen LogP contribution in [0.5, 0.6) is 0 Å². The molecule has 1 atom stereocenters. The van der Waals surface area contributed by atoms with Crippen molar-refractivity contribution in [3.05, 3.63) is 56.7 Å². The number of fused-ring (bicyclic) bond motifs is 1. The first-order chi connectivity index (χ1) is 16.5. The van der Waals surface area contributed by atoms with Gasteiger partial charge < -0.3 is 20.3 Å². The van der Waals surface area contributed by atoms with Crippen molar-refractivity contribution >= 4 is 33.4 Å². The number of amides is 1. The van der Waals surface area contributed by atoms with Gasteiger partial charge in [-0.3, -0.25) is 14.2 Å². The van der Waals surface area contributed by atoms with Crippen LogP contribution < -0.4 is 16.2 Å². The maximum Gasteiger partial charge on any atom is 0.273 e. The van der Waals surface area contributed by atoms with Crippen LogP contribution in [0, 0.1) is 11.3 Å². The van der Waals surface area contributed by atoms with Crippen molar-refractivity contribution in [2.45, 2.75) is 25.4 Å². The third kappa shape index (κ3) is 4.30. The molecular weight excluding hydrogens is 452 g/mol. The molecule has 9 nitrogen and oxygen atoms in total. The molecule has 2 aliphatic heterocycles. The summed E-state index contributed by atoms with van der Waals surface area (Å²) in [6.07, 6.45) is 1.84. The normalized spacial score (nSPS) is 18.8. The van der Waals surface area contributed by atoms with Gasteiger partial charge in [0.05, 0.1) is 41.8 Å². The second-order valence-electron chi connectivity index (χ2n) is 8.65. The van der Waals surface area contributed by atoms with Crippen molar-refractivity contribution in [2.75, 3.05) is 44.3 Å². The lowest BCUT2D eigenvalue weighted by Gasteiger charge is -2.33. The number of thiophene rings is 1. The number of nitrogens with zero attached hydrogens (tertiary/aromatic N) is 5. The Bertz CT molecular complexity index is 1320. The van der Waals surface area contributed by atoms with E-state index in [1.54, 1.807) is 27.7 Å². The predicted octanol–water partition coefficient (Wildman–Crippen LogP) is 1.78. The van der Waals surface area contributed by atoms with Crippen LogP contribution in [0.15, 0.2) is 35.1 Å². The van der Waals surface area contributed by atoms with Gasteiger partial charge in [0.2, 0.25) is 5.95 Å². The molecular formula is C24H26N6O3S. The van der Waals surface area contributed by atoms with E-state index in [1.807, 2.05) is 17.0 Å². The standard InChI is InChI=1S/C24H26N6O3S/c25-13-16-4-1-2-5-17(16)14-30-23(32)21-19(27-24(30)29-7-3-6-18(26)15-29)12-20(34-21)22(31)28-8-10-33-11-9-28/h1-2,4-5,12,18H,3,6-11,14-15,26H2. The second-order valence-corrected chi connectivity index (χ2v) is 9.70. The number of carbonyl (C=O) groups excluding carboxylic acids is 1. The van der Waals surface area contributed by atoms with E-state index in [0.29, 0.717) is 59.5 Å².